The average molecular weight is 277 g/mol. The molecular formula is C12H27N3O2S. The zero-order valence-corrected chi connectivity index (χ0v) is 12.5. The second kappa shape index (κ2) is 7.43. The largest absolute Gasteiger partial charge is 0.329 e. The smallest absolute Gasteiger partial charge is 0.282 e. The summed E-state index contributed by atoms with van der Waals surface area (Å²) in [6, 6.07) is 0. The number of nitrogens with two attached hydrogens (primary N) is 1. The number of piperidine rings is 1. The summed E-state index contributed by atoms with van der Waals surface area (Å²) < 4.78 is 28.1. The summed E-state index contributed by atoms with van der Waals surface area (Å²) in [5.41, 5.74) is 5.52. The molecule has 0 spiro atoms. The molecule has 5 nitrogen and oxygen atoms in total. The van der Waals surface area contributed by atoms with Gasteiger partial charge in [-0.05, 0) is 25.2 Å². The molecule has 0 aromatic carbocycles. The molecule has 6 heteroatoms. The molecular weight excluding hydrogens is 250 g/mol. The van der Waals surface area contributed by atoms with Crippen LogP contribution in [0.15, 0.2) is 0 Å². The second-order valence-electron chi connectivity index (χ2n) is 5.13. The first-order valence-electron chi connectivity index (χ1n) is 6.97. The Morgan fingerprint density at radius 3 is 2.39 bits per heavy atom. The van der Waals surface area contributed by atoms with E-state index >= 15 is 0 Å². The summed E-state index contributed by atoms with van der Waals surface area (Å²) in [4.78, 5) is 0. The maximum atomic E-state index is 12.5. The lowest BCUT2D eigenvalue weighted by molar-refractivity contribution is 0.264. The molecule has 1 heterocycles. The van der Waals surface area contributed by atoms with Gasteiger partial charge in [0, 0.05) is 32.7 Å². The van der Waals surface area contributed by atoms with E-state index < -0.39 is 10.2 Å². The number of rotatable bonds is 7. The van der Waals surface area contributed by atoms with Crippen LogP contribution in [0.1, 0.15) is 39.5 Å². The van der Waals surface area contributed by atoms with Crippen LogP contribution < -0.4 is 5.73 Å². The quantitative estimate of drug-likeness (QED) is 0.755. The molecule has 108 valence electrons. The van der Waals surface area contributed by atoms with Crippen molar-refractivity contribution in [2.24, 2.45) is 11.7 Å². The minimum Gasteiger partial charge on any atom is -0.329 e. The lowest BCUT2D eigenvalue weighted by Crippen LogP contribution is -2.48. The zero-order valence-electron chi connectivity index (χ0n) is 11.6. The van der Waals surface area contributed by atoms with Crippen molar-refractivity contribution >= 4 is 10.2 Å². The van der Waals surface area contributed by atoms with Crippen molar-refractivity contribution in [3.05, 3.63) is 0 Å². The van der Waals surface area contributed by atoms with Crippen molar-refractivity contribution in [1.29, 1.82) is 0 Å². The summed E-state index contributed by atoms with van der Waals surface area (Å²) in [5.74, 6) is 0.634. The molecule has 1 fully saturated rings. The number of hydrogen-bond acceptors (Lipinski definition) is 3. The van der Waals surface area contributed by atoms with Crippen LogP contribution >= 0.6 is 0 Å². The summed E-state index contributed by atoms with van der Waals surface area (Å²) in [6.45, 7) is 6.94. The van der Waals surface area contributed by atoms with Crippen molar-refractivity contribution in [3.63, 3.8) is 0 Å². The van der Waals surface area contributed by atoms with E-state index in [-0.39, 0.29) is 0 Å². The molecule has 1 aliphatic heterocycles. The molecule has 18 heavy (non-hydrogen) atoms. The van der Waals surface area contributed by atoms with Crippen molar-refractivity contribution < 1.29 is 8.42 Å². The first-order valence-corrected chi connectivity index (χ1v) is 8.37. The van der Waals surface area contributed by atoms with E-state index in [0.29, 0.717) is 38.6 Å². The molecule has 1 rings (SSSR count). The van der Waals surface area contributed by atoms with Gasteiger partial charge in [-0.15, -0.1) is 0 Å². The molecule has 0 aliphatic carbocycles. The highest BCUT2D eigenvalue weighted by Crippen LogP contribution is 2.20. The van der Waals surface area contributed by atoms with E-state index in [0.717, 1.165) is 25.7 Å². The van der Waals surface area contributed by atoms with Crippen LogP contribution in [0.4, 0.5) is 0 Å². The molecule has 0 amide bonds. The Bertz CT molecular complexity index is 324. The predicted molar refractivity (Wildman–Crippen MR) is 74.4 cm³/mol. The van der Waals surface area contributed by atoms with Crippen LogP contribution in [-0.4, -0.2) is 49.8 Å². The van der Waals surface area contributed by atoms with Crippen LogP contribution in [0.25, 0.3) is 0 Å². The average Bonchev–Trinajstić information content (AvgIpc) is 2.35. The summed E-state index contributed by atoms with van der Waals surface area (Å²) in [6.07, 6.45) is 3.81. The van der Waals surface area contributed by atoms with Crippen molar-refractivity contribution in [1.82, 2.24) is 8.61 Å². The van der Waals surface area contributed by atoms with E-state index in [9.17, 15) is 8.42 Å². The Hall–Kier alpha value is -0.170. The Morgan fingerprint density at radius 1 is 1.28 bits per heavy atom. The third kappa shape index (κ3) is 4.19. The van der Waals surface area contributed by atoms with Crippen LogP contribution in [-0.2, 0) is 10.2 Å². The summed E-state index contributed by atoms with van der Waals surface area (Å²) in [7, 11) is -3.30. The van der Waals surface area contributed by atoms with E-state index in [1.807, 2.05) is 0 Å². The molecule has 0 bridgehead atoms. The first-order chi connectivity index (χ1) is 8.52. The fourth-order valence-electron chi connectivity index (χ4n) is 2.20. The standard InChI is InChI=1S/C12H27N3O2S/c1-3-4-8-14(11-7-13)18(16,17)15-9-5-12(2)6-10-15/h12H,3-11,13H2,1-2H3. The SMILES string of the molecule is CCCCN(CCN)S(=O)(=O)N1CCC(C)CC1. The Morgan fingerprint density at radius 2 is 1.89 bits per heavy atom. The lowest BCUT2D eigenvalue weighted by atomic mass is 10.0. The Labute approximate surface area is 112 Å². The van der Waals surface area contributed by atoms with Gasteiger partial charge in [-0.1, -0.05) is 20.3 Å². The molecule has 1 saturated heterocycles. The number of unbranched alkanes of at least 4 members (excludes halogenated alkanes) is 1. The normalized spacial score (nSPS) is 19.6. The Balaban J connectivity index is 2.68. The second-order valence-corrected chi connectivity index (χ2v) is 7.06. The molecule has 2 N–H and O–H groups in total. The van der Waals surface area contributed by atoms with Gasteiger partial charge in [-0.2, -0.15) is 17.0 Å². The molecule has 0 aromatic heterocycles. The lowest BCUT2D eigenvalue weighted by Gasteiger charge is -2.33. The fourth-order valence-corrected chi connectivity index (χ4v) is 3.89. The minimum absolute atomic E-state index is 0.382. The highest BCUT2D eigenvalue weighted by molar-refractivity contribution is 7.86. The topological polar surface area (TPSA) is 66.6 Å². The fraction of sp³-hybridized carbons (Fsp3) is 1.00. The van der Waals surface area contributed by atoms with Gasteiger partial charge in [-0.3, -0.25) is 0 Å². The van der Waals surface area contributed by atoms with Gasteiger partial charge in [0.15, 0.2) is 0 Å². The van der Waals surface area contributed by atoms with Gasteiger partial charge in [0.1, 0.15) is 0 Å². The molecule has 1 aliphatic rings. The van der Waals surface area contributed by atoms with Crippen LogP contribution in [0, 0.1) is 5.92 Å². The van der Waals surface area contributed by atoms with E-state index in [1.165, 1.54) is 0 Å². The van der Waals surface area contributed by atoms with Gasteiger partial charge in [0.25, 0.3) is 10.2 Å². The maximum Gasteiger partial charge on any atom is 0.282 e. The number of hydrogen-bond donors (Lipinski definition) is 1. The van der Waals surface area contributed by atoms with Gasteiger partial charge in [0.2, 0.25) is 0 Å². The van der Waals surface area contributed by atoms with Crippen LogP contribution in [0.2, 0.25) is 0 Å². The van der Waals surface area contributed by atoms with E-state index in [2.05, 4.69) is 13.8 Å². The first kappa shape index (κ1) is 15.9. The van der Waals surface area contributed by atoms with Crippen LogP contribution in [0.5, 0.6) is 0 Å². The van der Waals surface area contributed by atoms with Gasteiger partial charge < -0.3 is 5.73 Å². The van der Waals surface area contributed by atoms with Gasteiger partial charge >= 0.3 is 0 Å². The predicted octanol–water partition coefficient (Wildman–Crippen LogP) is 1.02. The molecule has 0 radical (unpaired) electrons. The molecule has 0 aromatic rings. The summed E-state index contributed by atoms with van der Waals surface area (Å²) in [5, 5.41) is 0. The maximum absolute atomic E-state index is 12.5. The third-order valence-electron chi connectivity index (χ3n) is 3.53. The van der Waals surface area contributed by atoms with Crippen molar-refractivity contribution in [3.8, 4) is 0 Å². The van der Waals surface area contributed by atoms with E-state index in [1.54, 1.807) is 8.61 Å². The number of nitrogens with zero attached hydrogens (tertiary/aromatic N) is 2. The van der Waals surface area contributed by atoms with Crippen molar-refractivity contribution in [2.75, 3.05) is 32.7 Å². The van der Waals surface area contributed by atoms with Crippen LogP contribution in [0.3, 0.4) is 0 Å². The van der Waals surface area contributed by atoms with Gasteiger partial charge in [0.05, 0.1) is 0 Å². The highest BCUT2D eigenvalue weighted by atomic mass is 32.2. The third-order valence-corrected chi connectivity index (χ3v) is 5.57. The highest BCUT2D eigenvalue weighted by Gasteiger charge is 2.31. The monoisotopic (exact) mass is 277 g/mol. The molecule has 0 atom stereocenters. The molecule has 0 saturated carbocycles. The Kier molecular flexibility index (Phi) is 6.55. The van der Waals surface area contributed by atoms with E-state index in [4.69, 9.17) is 5.73 Å². The van der Waals surface area contributed by atoms with Crippen molar-refractivity contribution in [2.45, 2.75) is 39.5 Å². The minimum atomic E-state index is -3.30. The van der Waals surface area contributed by atoms with Gasteiger partial charge in [-0.25, -0.2) is 0 Å². The zero-order chi connectivity index (χ0) is 13.6. The molecule has 0 unspecified atom stereocenters. The summed E-state index contributed by atoms with van der Waals surface area (Å²) >= 11 is 0.